The predicted octanol–water partition coefficient (Wildman–Crippen LogP) is -0.553. The van der Waals surface area contributed by atoms with Gasteiger partial charge in [-0.3, -0.25) is 4.79 Å². The van der Waals surface area contributed by atoms with Crippen LogP contribution in [0.2, 0.25) is 0 Å². The van der Waals surface area contributed by atoms with Crippen molar-refractivity contribution in [3.63, 3.8) is 0 Å². The van der Waals surface area contributed by atoms with E-state index in [1.165, 1.54) is 6.20 Å². The van der Waals surface area contributed by atoms with Crippen molar-refractivity contribution in [1.82, 2.24) is 20.7 Å². The minimum Gasteiger partial charge on any atom is -0.335 e. The van der Waals surface area contributed by atoms with Gasteiger partial charge in [0.2, 0.25) is 0 Å². The lowest BCUT2D eigenvalue weighted by molar-refractivity contribution is 0.0943. The van der Waals surface area contributed by atoms with Crippen molar-refractivity contribution in [2.75, 3.05) is 0 Å². The fourth-order valence-electron chi connectivity index (χ4n) is 0.614. The van der Waals surface area contributed by atoms with Gasteiger partial charge in [0.15, 0.2) is 5.69 Å². The van der Waals surface area contributed by atoms with Crippen LogP contribution in [0.25, 0.3) is 0 Å². The van der Waals surface area contributed by atoms with Crippen LogP contribution in [-0.2, 0) is 0 Å². The highest BCUT2D eigenvalue weighted by Gasteiger charge is 2.10. The minimum absolute atomic E-state index is 0.178. The Morgan fingerprint density at radius 1 is 1.92 bits per heavy atom. The molecule has 0 unspecified atom stereocenters. The van der Waals surface area contributed by atoms with Gasteiger partial charge in [-0.1, -0.05) is 0 Å². The maximum absolute atomic E-state index is 11.1. The Labute approximate surface area is 68.6 Å². The average molecular weight is 165 g/mol. The van der Waals surface area contributed by atoms with Gasteiger partial charge in [0, 0.05) is 0 Å². The number of nitriles is 1. The molecule has 0 aliphatic heterocycles. The SMILES string of the molecule is C[C@H](C#N)NC(=O)c1cn[nH]n1. The lowest BCUT2D eigenvalue weighted by Gasteiger charge is -2.01. The standard InChI is InChI=1S/C6H7N5O/c1-4(2-7)9-6(12)5-3-8-11-10-5/h3-4H,1H3,(H,9,12)(H,8,10,11)/t4-/m1/s1. The van der Waals surface area contributed by atoms with E-state index in [1.54, 1.807) is 6.92 Å². The van der Waals surface area contributed by atoms with Gasteiger partial charge in [0.05, 0.1) is 12.3 Å². The smallest absolute Gasteiger partial charge is 0.274 e. The molecule has 2 N–H and O–H groups in total. The van der Waals surface area contributed by atoms with Gasteiger partial charge in [-0.25, -0.2) is 0 Å². The Hall–Kier alpha value is -1.90. The van der Waals surface area contributed by atoms with Crippen LogP contribution in [0.1, 0.15) is 17.4 Å². The molecular weight excluding hydrogens is 158 g/mol. The van der Waals surface area contributed by atoms with Gasteiger partial charge in [-0.15, -0.1) is 0 Å². The first-order valence-electron chi connectivity index (χ1n) is 3.30. The number of nitrogens with one attached hydrogen (secondary N) is 2. The van der Waals surface area contributed by atoms with E-state index in [0.29, 0.717) is 0 Å². The first kappa shape index (κ1) is 8.20. The van der Waals surface area contributed by atoms with Gasteiger partial charge >= 0.3 is 0 Å². The molecule has 0 bridgehead atoms. The van der Waals surface area contributed by atoms with Gasteiger partial charge in [0.1, 0.15) is 6.04 Å². The number of H-pyrrole nitrogens is 1. The third-order valence-corrected chi connectivity index (χ3v) is 1.19. The second-order valence-corrected chi connectivity index (χ2v) is 2.18. The van der Waals surface area contributed by atoms with Crippen LogP contribution < -0.4 is 5.32 Å². The summed E-state index contributed by atoms with van der Waals surface area (Å²) < 4.78 is 0. The largest absolute Gasteiger partial charge is 0.335 e. The second kappa shape index (κ2) is 3.48. The first-order valence-corrected chi connectivity index (χ1v) is 3.30. The molecule has 0 radical (unpaired) electrons. The van der Waals surface area contributed by atoms with E-state index in [4.69, 9.17) is 5.26 Å². The number of nitrogens with zero attached hydrogens (tertiary/aromatic N) is 3. The van der Waals surface area contributed by atoms with Crippen LogP contribution in [0, 0.1) is 11.3 Å². The van der Waals surface area contributed by atoms with E-state index in [-0.39, 0.29) is 5.69 Å². The molecule has 0 aliphatic rings. The van der Waals surface area contributed by atoms with E-state index in [2.05, 4.69) is 20.7 Å². The number of amides is 1. The molecule has 0 spiro atoms. The summed E-state index contributed by atoms with van der Waals surface area (Å²) in [5.74, 6) is -0.405. The molecule has 12 heavy (non-hydrogen) atoms. The monoisotopic (exact) mass is 165 g/mol. The summed E-state index contributed by atoms with van der Waals surface area (Å²) in [7, 11) is 0. The quantitative estimate of drug-likeness (QED) is 0.614. The number of hydrogen-bond donors (Lipinski definition) is 2. The summed E-state index contributed by atoms with van der Waals surface area (Å²) in [5.41, 5.74) is 0.178. The number of aromatic nitrogens is 3. The third-order valence-electron chi connectivity index (χ3n) is 1.19. The topological polar surface area (TPSA) is 94.5 Å². The molecule has 0 fully saturated rings. The Bertz CT molecular complexity index is 298. The van der Waals surface area contributed by atoms with Crippen LogP contribution in [0.3, 0.4) is 0 Å². The maximum Gasteiger partial charge on any atom is 0.274 e. The van der Waals surface area contributed by atoms with Gasteiger partial charge in [0.25, 0.3) is 5.91 Å². The van der Waals surface area contributed by atoms with Crippen molar-refractivity contribution in [2.45, 2.75) is 13.0 Å². The van der Waals surface area contributed by atoms with E-state index in [0.717, 1.165) is 0 Å². The molecular formula is C6H7N5O. The number of carbonyl (C=O) groups is 1. The van der Waals surface area contributed by atoms with E-state index in [9.17, 15) is 4.79 Å². The van der Waals surface area contributed by atoms with Crippen LogP contribution in [-0.4, -0.2) is 27.4 Å². The van der Waals surface area contributed by atoms with Crippen molar-refractivity contribution in [3.8, 4) is 6.07 Å². The Morgan fingerprint density at radius 2 is 2.67 bits per heavy atom. The normalized spacial score (nSPS) is 11.7. The van der Waals surface area contributed by atoms with Crippen LogP contribution >= 0.6 is 0 Å². The summed E-state index contributed by atoms with van der Waals surface area (Å²) in [6.07, 6.45) is 1.29. The fraction of sp³-hybridized carbons (Fsp3) is 0.333. The second-order valence-electron chi connectivity index (χ2n) is 2.18. The molecule has 6 heteroatoms. The van der Waals surface area contributed by atoms with Gasteiger partial charge in [-0.05, 0) is 6.92 Å². The van der Waals surface area contributed by atoms with E-state index >= 15 is 0 Å². The van der Waals surface area contributed by atoms with Crippen molar-refractivity contribution < 1.29 is 4.79 Å². The lowest BCUT2D eigenvalue weighted by Crippen LogP contribution is -2.31. The predicted molar refractivity (Wildman–Crippen MR) is 38.9 cm³/mol. The zero-order chi connectivity index (χ0) is 8.97. The molecule has 1 rings (SSSR count). The summed E-state index contributed by atoms with van der Waals surface area (Å²) >= 11 is 0. The lowest BCUT2D eigenvalue weighted by atomic mass is 10.3. The van der Waals surface area contributed by atoms with E-state index < -0.39 is 11.9 Å². The molecule has 0 saturated heterocycles. The Kier molecular flexibility index (Phi) is 2.38. The molecule has 0 aromatic carbocycles. The van der Waals surface area contributed by atoms with Crippen molar-refractivity contribution >= 4 is 5.91 Å². The third kappa shape index (κ3) is 1.79. The minimum atomic E-state index is -0.519. The number of rotatable bonds is 2. The maximum atomic E-state index is 11.1. The fourth-order valence-corrected chi connectivity index (χ4v) is 0.614. The highest BCUT2D eigenvalue weighted by atomic mass is 16.2. The average Bonchev–Trinajstić information content (AvgIpc) is 2.56. The summed E-state index contributed by atoms with van der Waals surface area (Å²) in [6.45, 7) is 1.58. The molecule has 1 aromatic rings. The van der Waals surface area contributed by atoms with Gasteiger partial charge < -0.3 is 5.32 Å². The first-order chi connectivity index (χ1) is 5.74. The van der Waals surface area contributed by atoms with Crippen molar-refractivity contribution in [3.05, 3.63) is 11.9 Å². The molecule has 6 nitrogen and oxygen atoms in total. The van der Waals surface area contributed by atoms with Crippen molar-refractivity contribution in [2.24, 2.45) is 0 Å². The Morgan fingerprint density at radius 3 is 3.17 bits per heavy atom. The molecule has 0 saturated carbocycles. The molecule has 1 aromatic heterocycles. The zero-order valence-corrected chi connectivity index (χ0v) is 6.40. The molecule has 62 valence electrons. The number of aromatic amines is 1. The molecule has 1 atom stereocenters. The van der Waals surface area contributed by atoms with Crippen LogP contribution in [0.5, 0.6) is 0 Å². The summed E-state index contributed by atoms with van der Waals surface area (Å²) in [5, 5.41) is 20.1. The molecule has 1 heterocycles. The van der Waals surface area contributed by atoms with Gasteiger partial charge in [-0.2, -0.15) is 20.7 Å². The Balaban J connectivity index is 2.57. The number of carbonyl (C=O) groups excluding carboxylic acids is 1. The van der Waals surface area contributed by atoms with E-state index in [1.807, 2.05) is 6.07 Å². The molecule has 1 amide bonds. The number of hydrogen-bond acceptors (Lipinski definition) is 4. The van der Waals surface area contributed by atoms with Crippen LogP contribution in [0.15, 0.2) is 6.20 Å². The van der Waals surface area contributed by atoms with Crippen molar-refractivity contribution in [1.29, 1.82) is 5.26 Å². The zero-order valence-electron chi connectivity index (χ0n) is 6.40. The summed E-state index contributed by atoms with van der Waals surface area (Å²) in [6, 6.07) is 1.35. The highest BCUT2D eigenvalue weighted by molar-refractivity contribution is 5.92. The highest BCUT2D eigenvalue weighted by Crippen LogP contribution is 1.89. The molecule has 0 aliphatic carbocycles. The van der Waals surface area contributed by atoms with Crippen LogP contribution in [0.4, 0.5) is 0 Å². The summed E-state index contributed by atoms with van der Waals surface area (Å²) in [4.78, 5) is 11.1.